The van der Waals surface area contributed by atoms with Gasteiger partial charge in [-0.3, -0.25) is 4.79 Å². The van der Waals surface area contributed by atoms with Crippen LogP contribution in [0.1, 0.15) is 25.3 Å². The number of anilines is 2. The van der Waals surface area contributed by atoms with Crippen molar-refractivity contribution in [3.05, 3.63) is 23.8 Å². The number of halogens is 3. The molecule has 0 aliphatic carbocycles. The maximum absolute atomic E-state index is 12.9. The molecule has 0 radical (unpaired) electrons. The highest BCUT2D eigenvalue weighted by Gasteiger charge is 2.31. The molecule has 8 heteroatoms. The first-order valence-electron chi connectivity index (χ1n) is 7.31. The molecule has 0 spiro atoms. The van der Waals surface area contributed by atoms with Crippen molar-refractivity contribution >= 4 is 17.3 Å². The topological polar surface area (TPSA) is 72.8 Å². The largest absolute Gasteiger partial charge is 0.416 e. The predicted molar refractivity (Wildman–Crippen MR) is 81.4 cm³/mol. The van der Waals surface area contributed by atoms with Gasteiger partial charge in [-0.1, -0.05) is 6.92 Å². The van der Waals surface area contributed by atoms with Crippen LogP contribution < -0.4 is 10.2 Å². The molecule has 0 bridgehead atoms. The van der Waals surface area contributed by atoms with Crippen LogP contribution in [0.4, 0.5) is 24.5 Å². The number of carbonyl (C=O) groups is 1. The molecule has 3 N–H and O–H groups in total. The first-order chi connectivity index (χ1) is 10.8. The minimum Gasteiger partial charge on any atom is -0.395 e. The van der Waals surface area contributed by atoms with Crippen LogP contribution >= 0.6 is 0 Å². The highest BCUT2D eigenvalue weighted by atomic mass is 19.4. The molecule has 1 amide bonds. The lowest BCUT2D eigenvalue weighted by Gasteiger charge is -2.26. The van der Waals surface area contributed by atoms with Gasteiger partial charge < -0.3 is 20.4 Å². The van der Waals surface area contributed by atoms with Gasteiger partial charge in [0.25, 0.3) is 0 Å². The van der Waals surface area contributed by atoms with Gasteiger partial charge >= 0.3 is 6.18 Å². The van der Waals surface area contributed by atoms with Crippen molar-refractivity contribution in [2.24, 2.45) is 0 Å². The van der Waals surface area contributed by atoms with Crippen molar-refractivity contribution < 1.29 is 28.2 Å². The molecule has 1 rings (SSSR count). The fourth-order valence-electron chi connectivity index (χ4n) is 2.12. The summed E-state index contributed by atoms with van der Waals surface area (Å²) in [6.45, 7) is 1.58. The molecule has 0 heterocycles. The number of hydrogen-bond acceptors (Lipinski definition) is 4. The lowest BCUT2D eigenvalue weighted by atomic mass is 10.1. The number of hydrogen-bond donors (Lipinski definition) is 3. The van der Waals surface area contributed by atoms with Gasteiger partial charge in [0, 0.05) is 19.5 Å². The van der Waals surface area contributed by atoms with Crippen LogP contribution in [0, 0.1) is 0 Å². The second-order valence-electron chi connectivity index (χ2n) is 4.96. The van der Waals surface area contributed by atoms with Crippen LogP contribution in [0.5, 0.6) is 0 Å². The number of alkyl halides is 3. The van der Waals surface area contributed by atoms with Crippen molar-refractivity contribution in [3.8, 4) is 0 Å². The van der Waals surface area contributed by atoms with Crippen molar-refractivity contribution in [2.75, 3.05) is 36.5 Å². The normalized spacial score (nSPS) is 11.4. The van der Waals surface area contributed by atoms with Gasteiger partial charge in [-0.25, -0.2) is 0 Å². The van der Waals surface area contributed by atoms with Gasteiger partial charge in [-0.05, 0) is 24.6 Å². The molecule has 0 atom stereocenters. The smallest absolute Gasteiger partial charge is 0.395 e. The summed E-state index contributed by atoms with van der Waals surface area (Å²) in [4.78, 5) is 13.3. The minimum atomic E-state index is -4.53. The molecule has 0 aliphatic rings. The van der Waals surface area contributed by atoms with E-state index < -0.39 is 11.7 Å². The lowest BCUT2D eigenvalue weighted by Crippen LogP contribution is -2.31. The number of aliphatic hydroxyl groups excluding tert-OH is 2. The third-order valence-corrected chi connectivity index (χ3v) is 3.16. The van der Waals surface area contributed by atoms with Gasteiger partial charge in [-0.15, -0.1) is 0 Å². The van der Waals surface area contributed by atoms with E-state index in [0.29, 0.717) is 12.1 Å². The first kappa shape index (κ1) is 19.2. The van der Waals surface area contributed by atoms with Gasteiger partial charge in [0.2, 0.25) is 5.91 Å². The molecule has 0 aromatic heterocycles. The summed E-state index contributed by atoms with van der Waals surface area (Å²) < 4.78 is 38.6. The van der Waals surface area contributed by atoms with Crippen molar-refractivity contribution in [1.82, 2.24) is 0 Å². The van der Waals surface area contributed by atoms with E-state index in [-0.39, 0.29) is 44.3 Å². The molecule has 0 aliphatic heterocycles. The predicted octanol–water partition coefficient (Wildman–Crippen LogP) is 2.23. The summed E-state index contributed by atoms with van der Waals surface area (Å²) in [6.07, 6.45) is -3.77. The molecule has 0 saturated heterocycles. The molecular formula is C15H21F3N2O3. The number of carbonyl (C=O) groups excluding carboxylic acids is 1. The molecular weight excluding hydrogens is 313 g/mol. The van der Waals surface area contributed by atoms with E-state index in [1.807, 2.05) is 0 Å². The third kappa shape index (κ3) is 5.72. The number of nitrogens with zero attached hydrogens (tertiary/aromatic N) is 1. The molecule has 0 saturated carbocycles. The average Bonchev–Trinajstić information content (AvgIpc) is 2.46. The lowest BCUT2D eigenvalue weighted by molar-refractivity contribution is -0.137. The van der Waals surface area contributed by atoms with Gasteiger partial charge in [0.1, 0.15) is 0 Å². The van der Waals surface area contributed by atoms with Gasteiger partial charge in [0.05, 0.1) is 30.2 Å². The van der Waals surface area contributed by atoms with Crippen LogP contribution in [0.3, 0.4) is 0 Å². The Balaban J connectivity index is 3.23. The van der Waals surface area contributed by atoms with Crippen LogP contribution in [-0.4, -0.2) is 42.4 Å². The molecule has 1 aromatic rings. The zero-order chi connectivity index (χ0) is 17.5. The quantitative estimate of drug-likeness (QED) is 0.682. The Bertz CT molecular complexity index is 515. The van der Waals surface area contributed by atoms with Crippen LogP contribution in [0.2, 0.25) is 0 Å². The number of rotatable bonds is 8. The van der Waals surface area contributed by atoms with E-state index in [4.69, 9.17) is 10.2 Å². The van der Waals surface area contributed by atoms with E-state index in [9.17, 15) is 18.0 Å². The maximum Gasteiger partial charge on any atom is 0.416 e. The Hall–Kier alpha value is -1.80. The zero-order valence-corrected chi connectivity index (χ0v) is 12.9. The summed E-state index contributed by atoms with van der Waals surface area (Å²) in [5, 5.41) is 20.6. The summed E-state index contributed by atoms with van der Waals surface area (Å²) in [5.74, 6) is -0.388. The van der Waals surface area contributed by atoms with E-state index in [0.717, 1.165) is 12.1 Å². The summed E-state index contributed by atoms with van der Waals surface area (Å²) in [6, 6.07) is 3.01. The van der Waals surface area contributed by atoms with E-state index in [1.54, 1.807) is 6.92 Å². The molecule has 130 valence electrons. The fourth-order valence-corrected chi connectivity index (χ4v) is 2.12. The zero-order valence-electron chi connectivity index (χ0n) is 12.9. The Morgan fingerprint density at radius 2 is 1.83 bits per heavy atom. The van der Waals surface area contributed by atoms with Gasteiger partial charge in [-0.2, -0.15) is 13.2 Å². The Morgan fingerprint density at radius 1 is 1.22 bits per heavy atom. The van der Waals surface area contributed by atoms with E-state index >= 15 is 0 Å². The van der Waals surface area contributed by atoms with Crippen LogP contribution in [-0.2, 0) is 11.0 Å². The van der Waals surface area contributed by atoms with Crippen molar-refractivity contribution in [2.45, 2.75) is 25.9 Å². The number of aliphatic hydroxyl groups is 2. The average molecular weight is 334 g/mol. The molecule has 1 aromatic carbocycles. The molecule has 0 unspecified atom stereocenters. The third-order valence-electron chi connectivity index (χ3n) is 3.16. The van der Waals surface area contributed by atoms with Crippen LogP contribution in [0.25, 0.3) is 0 Å². The van der Waals surface area contributed by atoms with Crippen molar-refractivity contribution in [1.29, 1.82) is 0 Å². The van der Waals surface area contributed by atoms with Gasteiger partial charge in [0.15, 0.2) is 0 Å². The minimum absolute atomic E-state index is 0.0141. The van der Waals surface area contributed by atoms with E-state index in [1.165, 1.54) is 11.0 Å². The second kappa shape index (κ2) is 8.73. The maximum atomic E-state index is 12.9. The second-order valence-corrected chi connectivity index (χ2v) is 4.96. The number of nitrogens with one attached hydrogen (secondary N) is 1. The Kier molecular flexibility index (Phi) is 7.31. The first-order valence-corrected chi connectivity index (χ1v) is 7.31. The monoisotopic (exact) mass is 334 g/mol. The van der Waals surface area contributed by atoms with E-state index in [2.05, 4.69) is 5.32 Å². The number of amides is 1. The standard InChI is InChI=1S/C15H21F3N2O3/c1-2-3-14(23)19-12-10-11(15(16,17)18)4-5-13(12)20(6-8-21)7-9-22/h4-5,10,21-22H,2-3,6-9H2,1H3,(H,19,23). The fraction of sp³-hybridized carbons (Fsp3) is 0.533. The highest BCUT2D eigenvalue weighted by Crippen LogP contribution is 2.35. The van der Waals surface area contributed by atoms with Crippen molar-refractivity contribution in [3.63, 3.8) is 0 Å². The highest BCUT2D eigenvalue weighted by molar-refractivity contribution is 5.94. The molecule has 5 nitrogen and oxygen atoms in total. The summed E-state index contributed by atoms with van der Waals surface area (Å²) in [7, 11) is 0. The molecule has 0 fully saturated rings. The SMILES string of the molecule is CCCC(=O)Nc1cc(C(F)(F)F)ccc1N(CCO)CCO. The number of benzene rings is 1. The summed E-state index contributed by atoms with van der Waals surface area (Å²) >= 11 is 0. The van der Waals surface area contributed by atoms with Crippen LogP contribution in [0.15, 0.2) is 18.2 Å². The molecule has 23 heavy (non-hydrogen) atoms. The Morgan fingerprint density at radius 3 is 2.30 bits per heavy atom. The Labute approximate surface area is 132 Å². The summed E-state index contributed by atoms with van der Waals surface area (Å²) in [5.41, 5.74) is -0.535.